The Labute approximate surface area is 135 Å². The largest absolute Gasteiger partial charge is 0.293 e. The van der Waals surface area contributed by atoms with E-state index in [4.69, 9.17) is 0 Å². The van der Waals surface area contributed by atoms with E-state index in [0.29, 0.717) is 11.1 Å². The van der Waals surface area contributed by atoms with Gasteiger partial charge in [0, 0.05) is 5.56 Å². The molecule has 0 amide bonds. The van der Waals surface area contributed by atoms with Gasteiger partial charge in [0.25, 0.3) is 0 Å². The van der Waals surface area contributed by atoms with Crippen LogP contribution < -0.4 is 0 Å². The SMILES string of the molecule is CC.CSC(SC)=C1C(=O)c2ccccc2C(C)(C)C1=O. The third kappa shape index (κ3) is 3.11. The lowest BCUT2D eigenvalue weighted by atomic mass is 9.69. The Hall–Kier alpha value is -1.00. The Kier molecular flexibility index (Phi) is 6.29. The fraction of sp³-hybridized carbons (Fsp3) is 0.412. The van der Waals surface area contributed by atoms with Crippen molar-refractivity contribution in [2.75, 3.05) is 12.5 Å². The van der Waals surface area contributed by atoms with Gasteiger partial charge in [0.2, 0.25) is 0 Å². The second-order valence-corrected chi connectivity index (χ2v) is 6.79. The summed E-state index contributed by atoms with van der Waals surface area (Å²) < 4.78 is 0.803. The number of Topliss-reactive ketones (excluding diaryl/α,β-unsaturated/α-hetero) is 2. The minimum atomic E-state index is -0.642. The van der Waals surface area contributed by atoms with Gasteiger partial charge in [-0.1, -0.05) is 38.1 Å². The lowest BCUT2D eigenvalue weighted by molar-refractivity contribution is -0.119. The van der Waals surface area contributed by atoms with E-state index in [1.165, 1.54) is 23.5 Å². The lowest BCUT2D eigenvalue weighted by Crippen LogP contribution is -2.39. The number of rotatable bonds is 2. The summed E-state index contributed by atoms with van der Waals surface area (Å²) in [6.07, 6.45) is 3.79. The fourth-order valence-electron chi connectivity index (χ4n) is 2.37. The summed E-state index contributed by atoms with van der Waals surface area (Å²) in [5.74, 6) is -0.214. The molecule has 114 valence electrons. The van der Waals surface area contributed by atoms with Crippen molar-refractivity contribution in [2.45, 2.75) is 33.1 Å². The van der Waals surface area contributed by atoms with Crippen LogP contribution >= 0.6 is 23.5 Å². The molecule has 1 aromatic carbocycles. The van der Waals surface area contributed by atoms with Crippen LogP contribution in [0.1, 0.15) is 43.6 Å². The first-order chi connectivity index (χ1) is 9.95. The van der Waals surface area contributed by atoms with E-state index in [0.717, 1.165) is 9.80 Å². The van der Waals surface area contributed by atoms with Gasteiger partial charge < -0.3 is 0 Å². The minimum absolute atomic E-state index is 0.0742. The molecule has 0 aromatic heterocycles. The van der Waals surface area contributed by atoms with Gasteiger partial charge in [0.05, 0.1) is 15.2 Å². The van der Waals surface area contributed by atoms with E-state index in [-0.39, 0.29) is 11.6 Å². The molecular formula is C17H22O2S2. The van der Waals surface area contributed by atoms with Crippen LogP contribution in [-0.2, 0) is 10.2 Å². The second-order valence-electron chi connectivity index (χ2n) is 4.90. The van der Waals surface area contributed by atoms with Crippen molar-refractivity contribution in [3.8, 4) is 0 Å². The van der Waals surface area contributed by atoms with Crippen molar-refractivity contribution in [2.24, 2.45) is 0 Å². The molecule has 0 fully saturated rings. The highest BCUT2D eigenvalue weighted by molar-refractivity contribution is 8.21. The zero-order valence-electron chi connectivity index (χ0n) is 13.4. The first-order valence-corrected chi connectivity index (χ1v) is 9.41. The zero-order valence-corrected chi connectivity index (χ0v) is 15.1. The highest BCUT2D eigenvalue weighted by atomic mass is 32.2. The number of fused-ring (bicyclic) bond motifs is 1. The first-order valence-electron chi connectivity index (χ1n) is 6.96. The van der Waals surface area contributed by atoms with Crippen molar-refractivity contribution >= 4 is 35.1 Å². The van der Waals surface area contributed by atoms with Gasteiger partial charge in [-0.05, 0) is 31.9 Å². The third-order valence-electron chi connectivity index (χ3n) is 3.44. The van der Waals surface area contributed by atoms with Crippen LogP contribution in [-0.4, -0.2) is 24.1 Å². The van der Waals surface area contributed by atoms with Crippen LogP contribution in [0.15, 0.2) is 34.1 Å². The van der Waals surface area contributed by atoms with Crippen molar-refractivity contribution < 1.29 is 9.59 Å². The second kappa shape index (κ2) is 7.32. The molecule has 1 aliphatic carbocycles. The van der Waals surface area contributed by atoms with E-state index in [1.807, 2.05) is 64.5 Å². The summed E-state index contributed by atoms with van der Waals surface area (Å²) in [6.45, 7) is 7.78. The number of benzene rings is 1. The number of carbonyl (C=O) groups is 2. The van der Waals surface area contributed by atoms with Crippen molar-refractivity contribution in [3.05, 3.63) is 45.2 Å². The van der Waals surface area contributed by atoms with E-state index >= 15 is 0 Å². The maximum atomic E-state index is 12.7. The Balaban J connectivity index is 0.00000106. The van der Waals surface area contributed by atoms with Crippen molar-refractivity contribution in [1.82, 2.24) is 0 Å². The van der Waals surface area contributed by atoms with Gasteiger partial charge in [-0.2, -0.15) is 0 Å². The molecule has 0 saturated carbocycles. The van der Waals surface area contributed by atoms with Crippen molar-refractivity contribution in [1.29, 1.82) is 0 Å². The summed E-state index contributed by atoms with van der Waals surface area (Å²) in [5, 5.41) is 0. The van der Waals surface area contributed by atoms with Crippen LogP contribution in [0, 0.1) is 0 Å². The van der Waals surface area contributed by atoms with Gasteiger partial charge in [-0.3, -0.25) is 9.59 Å². The first kappa shape index (κ1) is 18.1. The van der Waals surface area contributed by atoms with Crippen LogP contribution in [0.5, 0.6) is 0 Å². The van der Waals surface area contributed by atoms with Crippen LogP contribution in [0.2, 0.25) is 0 Å². The summed E-state index contributed by atoms with van der Waals surface area (Å²) >= 11 is 2.92. The van der Waals surface area contributed by atoms with Crippen molar-refractivity contribution in [3.63, 3.8) is 0 Å². The van der Waals surface area contributed by atoms with Gasteiger partial charge >= 0.3 is 0 Å². The molecule has 0 heterocycles. The molecule has 2 rings (SSSR count). The van der Waals surface area contributed by atoms with E-state index < -0.39 is 5.41 Å². The van der Waals surface area contributed by atoms with Crippen LogP contribution in [0.25, 0.3) is 0 Å². The fourth-order valence-corrected chi connectivity index (χ4v) is 3.82. The van der Waals surface area contributed by atoms with Gasteiger partial charge in [0.15, 0.2) is 11.6 Å². The number of carbonyl (C=O) groups excluding carboxylic acids is 2. The normalized spacial score (nSPS) is 16.0. The molecule has 0 unspecified atom stereocenters. The molecule has 1 aromatic rings. The topological polar surface area (TPSA) is 34.1 Å². The standard InChI is InChI=1S/C15H16O2S2.C2H6/c1-15(2)10-8-6-5-7-9(10)12(16)11(13(15)17)14(18-3)19-4;1-2/h5-8H,1-4H3;1-2H3. The Bertz CT molecular complexity index is 580. The smallest absolute Gasteiger partial charge is 0.198 e. The Morgan fingerprint density at radius 3 is 2.05 bits per heavy atom. The Morgan fingerprint density at radius 2 is 1.52 bits per heavy atom. The zero-order chi connectivity index (χ0) is 16.2. The molecule has 0 aliphatic heterocycles. The third-order valence-corrected chi connectivity index (χ3v) is 5.59. The number of ketones is 2. The maximum Gasteiger partial charge on any atom is 0.198 e. The highest BCUT2D eigenvalue weighted by Gasteiger charge is 2.43. The summed E-state index contributed by atoms with van der Waals surface area (Å²) in [7, 11) is 0. The molecule has 0 bridgehead atoms. The number of thioether (sulfide) groups is 2. The molecule has 0 radical (unpaired) electrons. The molecule has 2 nitrogen and oxygen atoms in total. The van der Waals surface area contributed by atoms with E-state index in [9.17, 15) is 9.59 Å². The average molecular weight is 322 g/mol. The maximum absolute atomic E-state index is 12.7. The molecular weight excluding hydrogens is 300 g/mol. The molecule has 0 atom stereocenters. The Morgan fingerprint density at radius 1 is 1.00 bits per heavy atom. The average Bonchev–Trinajstić information content (AvgIpc) is 2.52. The predicted molar refractivity (Wildman–Crippen MR) is 94.2 cm³/mol. The van der Waals surface area contributed by atoms with Gasteiger partial charge in [-0.25, -0.2) is 0 Å². The number of hydrogen-bond acceptors (Lipinski definition) is 4. The molecule has 21 heavy (non-hydrogen) atoms. The lowest BCUT2D eigenvalue weighted by Gasteiger charge is -2.32. The van der Waals surface area contributed by atoms with Crippen LogP contribution in [0.3, 0.4) is 0 Å². The molecule has 1 aliphatic rings. The number of allylic oxidation sites excluding steroid dienone is 1. The quantitative estimate of drug-likeness (QED) is 0.584. The van der Waals surface area contributed by atoms with E-state index in [2.05, 4.69) is 0 Å². The van der Waals surface area contributed by atoms with Gasteiger partial charge in [-0.15, -0.1) is 23.5 Å². The molecule has 4 heteroatoms. The predicted octanol–water partition coefficient (Wildman–Crippen LogP) is 4.69. The van der Waals surface area contributed by atoms with Gasteiger partial charge in [0.1, 0.15) is 0 Å². The molecule has 0 spiro atoms. The molecule has 0 N–H and O–H groups in total. The van der Waals surface area contributed by atoms with Crippen LogP contribution in [0.4, 0.5) is 0 Å². The summed E-state index contributed by atoms with van der Waals surface area (Å²) in [4.78, 5) is 25.2. The highest BCUT2D eigenvalue weighted by Crippen LogP contribution is 2.41. The monoisotopic (exact) mass is 322 g/mol. The molecule has 0 saturated heterocycles. The summed E-state index contributed by atoms with van der Waals surface area (Å²) in [6, 6.07) is 7.40. The number of hydrogen-bond donors (Lipinski definition) is 0. The summed E-state index contributed by atoms with van der Waals surface area (Å²) in [5.41, 5.74) is 1.19. The minimum Gasteiger partial charge on any atom is -0.293 e. The van der Waals surface area contributed by atoms with E-state index in [1.54, 1.807) is 0 Å².